The van der Waals surface area contributed by atoms with Crippen molar-refractivity contribution < 1.29 is 14.6 Å². The summed E-state index contributed by atoms with van der Waals surface area (Å²) in [6.45, 7) is 15.8. The zero-order chi connectivity index (χ0) is 14.3. The molecule has 0 saturated heterocycles. The van der Waals surface area contributed by atoms with Crippen LogP contribution in [0.15, 0.2) is 0 Å². The van der Waals surface area contributed by atoms with Crippen molar-refractivity contribution in [2.75, 3.05) is 6.61 Å². The predicted molar refractivity (Wildman–Crippen MR) is 77.0 cm³/mol. The van der Waals surface area contributed by atoms with E-state index in [-0.39, 0.29) is 16.9 Å². The normalized spacial score (nSPS) is 38.2. The van der Waals surface area contributed by atoms with Crippen LogP contribution in [0.4, 0.5) is 0 Å². The average Bonchev–Trinajstić information content (AvgIpc) is 2.40. The molecule has 1 aliphatic carbocycles. The van der Waals surface area contributed by atoms with E-state index in [1.165, 1.54) is 0 Å². The number of hydrogen-bond donors (Lipinski definition) is 2. The molecule has 4 heteroatoms. The maximum Gasteiger partial charge on any atom is 0.191 e. The van der Waals surface area contributed by atoms with E-state index < -0.39 is 20.5 Å². The van der Waals surface area contributed by atoms with Gasteiger partial charge in [-0.2, -0.15) is 0 Å². The summed E-state index contributed by atoms with van der Waals surface area (Å²) in [5, 5.41) is 20.2. The molecule has 0 aromatic rings. The van der Waals surface area contributed by atoms with Gasteiger partial charge in [-0.1, -0.05) is 34.6 Å². The van der Waals surface area contributed by atoms with Crippen LogP contribution in [0, 0.1) is 17.8 Å². The molecule has 0 radical (unpaired) electrons. The van der Waals surface area contributed by atoms with E-state index in [9.17, 15) is 10.2 Å². The molecule has 108 valence electrons. The SMILES string of the molecule is CC1C(O)C(O)[C@@H](CO[Si](C)(C)C(C)(C)C)[C@@H]1C. The molecular formula is C14H30O3Si. The second-order valence-corrected chi connectivity index (χ2v) is 12.2. The Hall–Kier alpha value is 0.0969. The number of rotatable bonds is 3. The first-order valence-corrected chi connectivity index (χ1v) is 9.90. The predicted octanol–water partition coefficient (Wildman–Crippen LogP) is 2.63. The van der Waals surface area contributed by atoms with Crippen LogP contribution in [-0.2, 0) is 4.43 Å². The highest BCUT2D eigenvalue weighted by Crippen LogP contribution is 2.40. The molecule has 18 heavy (non-hydrogen) atoms. The molecule has 1 fully saturated rings. The number of aliphatic hydroxyl groups is 2. The third kappa shape index (κ3) is 2.98. The fourth-order valence-corrected chi connectivity index (χ4v) is 3.39. The monoisotopic (exact) mass is 274 g/mol. The molecule has 0 aromatic carbocycles. The highest BCUT2D eigenvalue weighted by atomic mass is 28.4. The molecule has 3 nitrogen and oxygen atoms in total. The van der Waals surface area contributed by atoms with Gasteiger partial charge in [-0.25, -0.2) is 0 Å². The van der Waals surface area contributed by atoms with Crippen molar-refractivity contribution in [1.29, 1.82) is 0 Å². The lowest BCUT2D eigenvalue weighted by molar-refractivity contribution is -0.00307. The highest BCUT2D eigenvalue weighted by Gasteiger charge is 2.46. The zero-order valence-electron chi connectivity index (χ0n) is 12.9. The fraction of sp³-hybridized carbons (Fsp3) is 1.00. The fourth-order valence-electron chi connectivity index (χ4n) is 2.35. The van der Waals surface area contributed by atoms with Crippen LogP contribution in [0.3, 0.4) is 0 Å². The molecule has 1 rings (SSSR count). The van der Waals surface area contributed by atoms with Crippen LogP contribution in [0.25, 0.3) is 0 Å². The minimum absolute atomic E-state index is 0.0594. The van der Waals surface area contributed by atoms with Gasteiger partial charge in [0.25, 0.3) is 0 Å². The number of hydrogen-bond acceptors (Lipinski definition) is 3. The summed E-state index contributed by atoms with van der Waals surface area (Å²) in [5.41, 5.74) is 0. The molecule has 0 heterocycles. The van der Waals surface area contributed by atoms with Gasteiger partial charge in [0.15, 0.2) is 8.32 Å². The summed E-state index contributed by atoms with van der Waals surface area (Å²) in [6.07, 6.45) is -1.24. The van der Waals surface area contributed by atoms with Crippen LogP contribution >= 0.6 is 0 Å². The Bertz CT molecular complexity index is 271. The topological polar surface area (TPSA) is 49.7 Å². The van der Waals surface area contributed by atoms with Gasteiger partial charge in [0.2, 0.25) is 0 Å². The molecular weight excluding hydrogens is 244 g/mol. The van der Waals surface area contributed by atoms with Gasteiger partial charge in [-0.05, 0) is 30.0 Å². The average molecular weight is 274 g/mol. The van der Waals surface area contributed by atoms with Crippen molar-refractivity contribution in [3.8, 4) is 0 Å². The lowest BCUT2D eigenvalue weighted by atomic mass is 9.93. The van der Waals surface area contributed by atoms with Gasteiger partial charge in [-0.15, -0.1) is 0 Å². The van der Waals surface area contributed by atoms with Crippen molar-refractivity contribution in [2.24, 2.45) is 17.8 Å². The lowest BCUT2D eigenvalue weighted by Crippen LogP contribution is -2.43. The third-order valence-electron chi connectivity index (χ3n) is 5.27. The molecule has 0 amide bonds. The first-order valence-electron chi connectivity index (χ1n) is 6.99. The van der Waals surface area contributed by atoms with E-state index in [1.807, 2.05) is 6.92 Å². The van der Waals surface area contributed by atoms with Crippen LogP contribution in [0.1, 0.15) is 34.6 Å². The largest absolute Gasteiger partial charge is 0.416 e. The summed E-state index contributed by atoms with van der Waals surface area (Å²) in [4.78, 5) is 0. The molecule has 1 saturated carbocycles. The third-order valence-corrected chi connectivity index (χ3v) is 9.78. The van der Waals surface area contributed by atoms with E-state index in [4.69, 9.17) is 4.43 Å². The molecule has 0 aromatic heterocycles. The Labute approximate surface area is 113 Å². The summed E-state index contributed by atoms with van der Waals surface area (Å²) < 4.78 is 6.18. The van der Waals surface area contributed by atoms with Gasteiger partial charge in [0.1, 0.15) is 0 Å². The Morgan fingerprint density at radius 1 is 1.00 bits per heavy atom. The minimum Gasteiger partial charge on any atom is -0.416 e. The Morgan fingerprint density at radius 2 is 1.50 bits per heavy atom. The van der Waals surface area contributed by atoms with E-state index >= 15 is 0 Å². The number of aliphatic hydroxyl groups excluding tert-OH is 2. The second-order valence-electron chi connectivity index (χ2n) is 7.43. The van der Waals surface area contributed by atoms with Gasteiger partial charge in [0, 0.05) is 12.5 Å². The first-order chi connectivity index (χ1) is 7.99. The summed E-state index contributed by atoms with van der Waals surface area (Å²) in [5.74, 6) is 0.511. The van der Waals surface area contributed by atoms with Crippen molar-refractivity contribution in [3.63, 3.8) is 0 Å². The Morgan fingerprint density at radius 3 is 1.83 bits per heavy atom. The van der Waals surface area contributed by atoms with Crippen molar-refractivity contribution in [1.82, 2.24) is 0 Å². The van der Waals surface area contributed by atoms with Gasteiger partial charge < -0.3 is 14.6 Å². The molecule has 0 bridgehead atoms. The smallest absolute Gasteiger partial charge is 0.191 e. The highest BCUT2D eigenvalue weighted by molar-refractivity contribution is 6.74. The van der Waals surface area contributed by atoms with Gasteiger partial charge in [0.05, 0.1) is 12.2 Å². The maximum atomic E-state index is 10.1. The van der Waals surface area contributed by atoms with Gasteiger partial charge >= 0.3 is 0 Å². The van der Waals surface area contributed by atoms with Gasteiger partial charge in [-0.3, -0.25) is 0 Å². The van der Waals surface area contributed by atoms with Crippen LogP contribution in [0.2, 0.25) is 18.1 Å². The standard InChI is InChI=1S/C14H30O3Si/c1-9-10(2)12(15)13(16)11(9)8-17-18(6,7)14(3,4)5/h9-13,15-16H,8H2,1-7H3/t9-,10?,11+,12?,13?/m1/s1. The van der Waals surface area contributed by atoms with Crippen molar-refractivity contribution in [3.05, 3.63) is 0 Å². The molecule has 2 N–H and O–H groups in total. The minimum atomic E-state index is -1.77. The lowest BCUT2D eigenvalue weighted by Gasteiger charge is -2.37. The molecule has 0 aliphatic heterocycles. The van der Waals surface area contributed by atoms with E-state index in [0.29, 0.717) is 12.5 Å². The first kappa shape index (κ1) is 16.2. The Balaban J connectivity index is 2.65. The molecule has 3 unspecified atom stereocenters. The Kier molecular flexibility index (Phi) is 4.70. The van der Waals surface area contributed by atoms with Crippen LogP contribution in [-0.4, -0.2) is 37.3 Å². The van der Waals surface area contributed by atoms with Crippen LogP contribution in [0.5, 0.6) is 0 Å². The summed E-state index contributed by atoms with van der Waals surface area (Å²) in [6, 6.07) is 0. The molecule has 1 aliphatic rings. The molecule has 0 spiro atoms. The van der Waals surface area contributed by atoms with E-state index in [2.05, 4.69) is 40.8 Å². The van der Waals surface area contributed by atoms with Crippen molar-refractivity contribution in [2.45, 2.75) is 65.0 Å². The zero-order valence-corrected chi connectivity index (χ0v) is 13.9. The summed E-state index contributed by atoms with van der Waals surface area (Å²) >= 11 is 0. The van der Waals surface area contributed by atoms with Crippen molar-refractivity contribution >= 4 is 8.32 Å². The summed E-state index contributed by atoms with van der Waals surface area (Å²) in [7, 11) is -1.77. The molecule has 5 atom stereocenters. The maximum absolute atomic E-state index is 10.1. The van der Waals surface area contributed by atoms with E-state index in [0.717, 1.165) is 0 Å². The second kappa shape index (κ2) is 5.23. The van der Waals surface area contributed by atoms with Crippen LogP contribution < -0.4 is 0 Å². The van der Waals surface area contributed by atoms with E-state index in [1.54, 1.807) is 0 Å². The quantitative estimate of drug-likeness (QED) is 0.778.